The highest BCUT2D eigenvalue weighted by molar-refractivity contribution is 9.10. The first-order chi connectivity index (χ1) is 7.65. The van der Waals surface area contributed by atoms with E-state index in [-0.39, 0.29) is 0 Å². The summed E-state index contributed by atoms with van der Waals surface area (Å²) in [4.78, 5) is 5.58. The summed E-state index contributed by atoms with van der Waals surface area (Å²) in [6.45, 7) is 1.92. The minimum absolute atomic E-state index is 0.735. The zero-order valence-corrected chi connectivity index (χ0v) is 11.2. The maximum Gasteiger partial charge on any atom is 0.101 e. The highest BCUT2D eigenvalue weighted by atomic mass is 79.9. The molecular weight excluding hydrogens is 284 g/mol. The van der Waals surface area contributed by atoms with Gasteiger partial charge < -0.3 is 5.73 Å². The summed E-state index contributed by atoms with van der Waals surface area (Å²) in [7, 11) is 0. The molecule has 16 heavy (non-hydrogen) atoms. The van der Waals surface area contributed by atoms with Gasteiger partial charge in [0.2, 0.25) is 0 Å². The van der Waals surface area contributed by atoms with E-state index in [1.807, 2.05) is 31.2 Å². The van der Waals surface area contributed by atoms with Gasteiger partial charge in [0, 0.05) is 9.37 Å². The molecule has 1 aromatic carbocycles. The highest BCUT2D eigenvalue weighted by Gasteiger charge is 2.01. The van der Waals surface area contributed by atoms with Crippen LogP contribution >= 0.6 is 27.7 Å². The van der Waals surface area contributed by atoms with E-state index in [2.05, 4.69) is 33.0 Å². The molecule has 0 spiro atoms. The number of aryl methyl sites for hydroxylation is 1. The first kappa shape index (κ1) is 11.5. The van der Waals surface area contributed by atoms with Gasteiger partial charge in [-0.3, -0.25) is 0 Å². The quantitative estimate of drug-likeness (QED) is 0.913. The van der Waals surface area contributed by atoms with Crippen LogP contribution in [0.4, 0.5) is 5.69 Å². The zero-order chi connectivity index (χ0) is 11.5. The lowest BCUT2D eigenvalue weighted by Crippen LogP contribution is -1.93. The van der Waals surface area contributed by atoms with Gasteiger partial charge in [-0.2, -0.15) is 0 Å². The molecule has 0 bridgehead atoms. The van der Waals surface area contributed by atoms with Crippen molar-refractivity contribution in [3.8, 4) is 0 Å². The van der Waals surface area contributed by atoms with Gasteiger partial charge in [0.15, 0.2) is 0 Å². The smallest absolute Gasteiger partial charge is 0.101 e. The maximum atomic E-state index is 5.73. The van der Waals surface area contributed by atoms with Crippen molar-refractivity contribution in [2.24, 2.45) is 0 Å². The molecule has 0 atom stereocenters. The fraction of sp³-hybridized carbons (Fsp3) is 0.0833. The molecule has 1 heterocycles. The molecule has 4 heteroatoms. The Morgan fingerprint density at radius 3 is 2.75 bits per heavy atom. The Balaban J connectivity index is 2.24. The number of nitrogen functional groups attached to an aromatic ring is 1. The molecule has 2 rings (SSSR count). The van der Waals surface area contributed by atoms with Crippen LogP contribution in [-0.4, -0.2) is 4.98 Å². The van der Waals surface area contributed by atoms with Gasteiger partial charge in [0.1, 0.15) is 5.03 Å². The van der Waals surface area contributed by atoms with E-state index in [0.717, 1.165) is 25.8 Å². The maximum absolute atomic E-state index is 5.73. The van der Waals surface area contributed by atoms with Crippen molar-refractivity contribution in [2.45, 2.75) is 16.8 Å². The predicted molar refractivity (Wildman–Crippen MR) is 71.7 cm³/mol. The summed E-state index contributed by atoms with van der Waals surface area (Å²) in [5, 5.41) is 0.963. The molecule has 0 amide bonds. The number of halogens is 1. The lowest BCUT2D eigenvalue weighted by Gasteiger charge is -2.04. The molecule has 0 aliphatic rings. The monoisotopic (exact) mass is 294 g/mol. The summed E-state index contributed by atoms with van der Waals surface area (Å²) in [5.74, 6) is 0. The molecule has 1 aromatic heterocycles. The molecule has 0 aliphatic heterocycles. The standard InChI is InChI=1S/C12H11BrN2S/c1-8-11(14)5-6-12(15-8)16-10-4-2-3-9(13)7-10/h2-7H,14H2,1H3. The second kappa shape index (κ2) is 4.89. The Bertz CT molecular complexity index is 514. The van der Waals surface area contributed by atoms with Crippen LogP contribution in [0.15, 0.2) is 50.8 Å². The third-order valence-electron chi connectivity index (χ3n) is 2.12. The Hall–Kier alpha value is -1.00. The van der Waals surface area contributed by atoms with E-state index in [1.165, 1.54) is 0 Å². The normalized spacial score (nSPS) is 10.4. The fourth-order valence-corrected chi connectivity index (χ4v) is 2.70. The molecule has 0 aliphatic carbocycles. The minimum atomic E-state index is 0.735. The van der Waals surface area contributed by atoms with E-state index in [4.69, 9.17) is 5.73 Å². The van der Waals surface area contributed by atoms with E-state index in [0.29, 0.717) is 0 Å². The van der Waals surface area contributed by atoms with Crippen molar-refractivity contribution >= 4 is 33.4 Å². The zero-order valence-electron chi connectivity index (χ0n) is 8.77. The third-order valence-corrected chi connectivity index (χ3v) is 3.54. The molecule has 2 N–H and O–H groups in total. The van der Waals surface area contributed by atoms with Crippen LogP contribution in [0.2, 0.25) is 0 Å². The SMILES string of the molecule is Cc1nc(Sc2cccc(Br)c2)ccc1N. The Kier molecular flexibility index (Phi) is 3.51. The van der Waals surface area contributed by atoms with Crippen LogP contribution in [0.5, 0.6) is 0 Å². The first-order valence-corrected chi connectivity index (χ1v) is 6.42. The molecule has 0 saturated heterocycles. The van der Waals surface area contributed by atoms with Crippen molar-refractivity contribution in [3.63, 3.8) is 0 Å². The van der Waals surface area contributed by atoms with E-state index < -0.39 is 0 Å². The largest absolute Gasteiger partial charge is 0.397 e. The van der Waals surface area contributed by atoms with Crippen LogP contribution < -0.4 is 5.73 Å². The molecular formula is C12H11BrN2S. The highest BCUT2D eigenvalue weighted by Crippen LogP contribution is 2.28. The van der Waals surface area contributed by atoms with Crippen molar-refractivity contribution in [1.82, 2.24) is 4.98 Å². The lowest BCUT2D eigenvalue weighted by atomic mass is 10.3. The van der Waals surface area contributed by atoms with E-state index in [9.17, 15) is 0 Å². The molecule has 2 nitrogen and oxygen atoms in total. The number of hydrogen-bond acceptors (Lipinski definition) is 3. The molecule has 0 radical (unpaired) electrons. The second-order valence-corrected chi connectivity index (χ2v) is 5.39. The van der Waals surface area contributed by atoms with Gasteiger partial charge in [-0.25, -0.2) is 4.98 Å². The van der Waals surface area contributed by atoms with Crippen LogP contribution in [0, 0.1) is 6.92 Å². The van der Waals surface area contributed by atoms with Crippen molar-refractivity contribution in [3.05, 3.63) is 46.6 Å². The summed E-state index contributed by atoms with van der Waals surface area (Å²) in [6, 6.07) is 12.0. The number of nitrogens with zero attached hydrogens (tertiary/aromatic N) is 1. The lowest BCUT2D eigenvalue weighted by molar-refractivity contribution is 1.07. The van der Waals surface area contributed by atoms with Crippen LogP contribution in [-0.2, 0) is 0 Å². The van der Waals surface area contributed by atoms with E-state index in [1.54, 1.807) is 11.8 Å². The van der Waals surface area contributed by atoms with Crippen molar-refractivity contribution in [1.29, 1.82) is 0 Å². The average Bonchev–Trinajstić information content (AvgIpc) is 2.24. The summed E-state index contributed by atoms with van der Waals surface area (Å²) < 4.78 is 1.07. The number of benzene rings is 1. The number of anilines is 1. The average molecular weight is 295 g/mol. The molecule has 2 aromatic rings. The van der Waals surface area contributed by atoms with Crippen molar-refractivity contribution in [2.75, 3.05) is 5.73 Å². The molecule has 0 unspecified atom stereocenters. The van der Waals surface area contributed by atoms with Crippen LogP contribution in [0.3, 0.4) is 0 Å². The summed E-state index contributed by atoms with van der Waals surface area (Å²) in [6.07, 6.45) is 0. The molecule has 0 saturated carbocycles. The molecule has 82 valence electrons. The van der Waals surface area contributed by atoms with Gasteiger partial charge in [-0.05, 0) is 37.3 Å². The Morgan fingerprint density at radius 1 is 1.25 bits per heavy atom. The first-order valence-electron chi connectivity index (χ1n) is 4.82. The van der Waals surface area contributed by atoms with Crippen LogP contribution in [0.25, 0.3) is 0 Å². The van der Waals surface area contributed by atoms with Crippen LogP contribution in [0.1, 0.15) is 5.69 Å². The van der Waals surface area contributed by atoms with Gasteiger partial charge >= 0.3 is 0 Å². The van der Waals surface area contributed by atoms with Gasteiger partial charge in [-0.1, -0.05) is 33.8 Å². The summed E-state index contributed by atoms with van der Waals surface area (Å²) in [5.41, 5.74) is 7.34. The van der Waals surface area contributed by atoms with Gasteiger partial charge in [0.25, 0.3) is 0 Å². The van der Waals surface area contributed by atoms with E-state index >= 15 is 0 Å². The Labute approximate surface area is 107 Å². The topological polar surface area (TPSA) is 38.9 Å². The van der Waals surface area contributed by atoms with Gasteiger partial charge in [-0.15, -0.1) is 0 Å². The number of aromatic nitrogens is 1. The number of nitrogens with two attached hydrogens (primary N) is 1. The number of hydrogen-bond donors (Lipinski definition) is 1. The number of rotatable bonds is 2. The minimum Gasteiger partial charge on any atom is -0.397 e. The second-order valence-electron chi connectivity index (χ2n) is 3.38. The van der Waals surface area contributed by atoms with Gasteiger partial charge in [0.05, 0.1) is 11.4 Å². The summed E-state index contributed by atoms with van der Waals surface area (Å²) >= 11 is 5.08. The fourth-order valence-electron chi connectivity index (χ4n) is 1.26. The number of pyridine rings is 1. The molecule has 0 fully saturated rings. The third kappa shape index (κ3) is 2.77. The predicted octanol–water partition coefficient (Wildman–Crippen LogP) is 3.89. The Morgan fingerprint density at radius 2 is 2.06 bits per heavy atom. The van der Waals surface area contributed by atoms with Crippen molar-refractivity contribution < 1.29 is 0 Å².